The Morgan fingerprint density at radius 3 is 3.00 bits per heavy atom. The number of hydrogen-bond acceptors (Lipinski definition) is 4. The molecule has 1 heterocycles. The zero-order chi connectivity index (χ0) is 10.4. The number of terminal acetylenes is 1. The molecule has 14 heavy (non-hydrogen) atoms. The fourth-order valence-corrected chi connectivity index (χ4v) is 0.957. The van der Waals surface area contributed by atoms with Crippen molar-refractivity contribution in [2.45, 2.75) is 13.3 Å². The average molecular weight is 191 g/mol. The number of nitrogens with zero attached hydrogens (tertiary/aromatic N) is 2. The highest BCUT2D eigenvalue weighted by Crippen LogP contribution is 2.12. The van der Waals surface area contributed by atoms with E-state index in [2.05, 4.69) is 21.2 Å². The second-order valence-corrected chi connectivity index (χ2v) is 2.69. The van der Waals surface area contributed by atoms with E-state index in [0.29, 0.717) is 24.7 Å². The van der Waals surface area contributed by atoms with Crippen molar-refractivity contribution in [2.75, 3.05) is 19.0 Å². The van der Waals surface area contributed by atoms with Gasteiger partial charge in [0.1, 0.15) is 18.2 Å². The maximum atomic E-state index is 5.34. The number of nitrogens with one attached hydrogen (secondary N) is 1. The van der Waals surface area contributed by atoms with E-state index >= 15 is 0 Å². The molecule has 0 aliphatic carbocycles. The Balaban J connectivity index is 2.67. The lowest BCUT2D eigenvalue weighted by Crippen LogP contribution is -2.02. The van der Waals surface area contributed by atoms with Crippen molar-refractivity contribution in [3.8, 4) is 18.2 Å². The maximum Gasteiger partial charge on any atom is 0.218 e. The van der Waals surface area contributed by atoms with Crippen LogP contribution in [0.25, 0.3) is 0 Å². The van der Waals surface area contributed by atoms with Gasteiger partial charge in [-0.1, -0.05) is 0 Å². The highest BCUT2D eigenvalue weighted by Gasteiger charge is 2.00. The summed E-state index contributed by atoms with van der Waals surface area (Å²) < 4.78 is 5.34. The molecular weight excluding hydrogens is 178 g/mol. The van der Waals surface area contributed by atoms with Crippen LogP contribution in [0.1, 0.15) is 12.2 Å². The largest absolute Gasteiger partial charge is 0.477 e. The molecule has 0 spiro atoms. The maximum absolute atomic E-state index is 5.34. The summed E-state index contributed by atoms with van der Waals surface area (Å²) in [5.41, 5.74) is 0. The summed E-state index contributed by atoms with van der Waals surface area (Å²) in [6.45, 7) is 2.30. The van der Waals surface area contributed by atoms with E-state index in [-0.39, 0.29) is 0 Å². The first-order chi connectivity index (χ1) is 6.76. The Hall–Kier alpha value is -1.76. The molecule has 74 valence electrons. The topological polar surface area (TPSA) is 47.0 Å². The molecule has 1 aromatic heterocycles. The first-order valence-corrected chi connectivity index (χ1v) is 4.36. The quantitative estimate of drug-likeness (QED) is 0.574. The summed E-state index contributed by atoms with van der Waals surface area (Å²) >= 11 is 0. The van der Waals surface area contributed by atoms with Gasteiger partial charge in [0.2, 0.25) is 5.88 Å². The van der Waals surface area contributed by atoms with Gasteiger partial charge in [0.05, 0.1) is 0 Å². The lowest BCUT2D eigenvalue weighted by atomic mass is 10.5. The van der Waals surface area contributed by atoms with Crippen LogP contribution in [0.3, 0.4) is 0 Å². The number of aromatic nitrogens is 2. The van der Waals surface area contributed by atoms with Crippen LogP contribution in [0.4, 0.5) is 5.82 Å². The van der Waals surface area contributed by atoms with Gasteiger partial charge < -0.3 is 10.1 Å². The third kappa shape index (κ3) is 2.94. The Morgan fingerprint density at radius 2 is 2.36 bits per heavy atom. The van der Waals surface area contributed by atoms with Gasteiger partial charge in [0, 0.05) is 19.5 Å². The molecule has 0 aliphatic heterocycles. The standard InChI is InChI=1S/C10H13N3O/c1-4-5-6-14-10-7-9(11-3)12-8(2)13-10/h1,7H,5-6H2,2-3H3,(H,11,12,13). The van der Waals surface area contributed by atoms with Gasteiger partial charge >= 0.3 is 0 Å². The zero-order valence-electron chi connectivity index (χ0n) is 8.37. The molecule has 1 aromatic rings. The van der Waals surface area contributed by atoms with Crippen LogP contribution < -0.4 is 10.1 Å². The summed E-state index contributed by atoms with van der Waals surface area (Å²) in [5.74, 6) is 4.47. The monoisotopic (exact) mass is 191 g/mol. The first kappa shape index (κ1) is 10.3. The van der Waals surface area contributed by atoms with Gasteiger partial charge in [0.15, 0.2) is 0 Å². The lowest BCUT2D eigenvalue weighted by Gasteiger charge is -2.06. The van der Waals surface area contributed by atoms with Crippen molar-refractivity contribution in [3.05, 3.63) is 11.9 Å². The number of ether oxygens (including phenoxy) is 1. The SMILES string of the molecule is C#CCCOc1cc(NC)nc(C)n1. The van der Waals surface area contributed by atoms with Crippen LogP contribution in [-0.2, 0) is 0 Å². The third-order valence-corrected chi connectivity index (χ3v) is 1.57. The molecule has 0 atom stereocenters. The molecule has 0 aromatic carbocycles. The van der Waals surface area contributed by atoms with E-state index in [1.807, 2.05) is 6.92 Å². The number of aryl methyl sites for hydroxylation is 1. The van der Waals surface area contributed by atoms with E-state index in [1.54, 1.807) is 13.1 Å². The van der Waals surface area contributed by atoms with E-state index in [9.17, 15) is 0 Å². The first-order valence-electron chi connectivity index (χ1n) is 4.36. The summed E-state index contributed by atoms with van der Waals surface area (Å²) in [4.78, 5) is 8.25. The zero-order valence-corrected chi connectivity index (χ0v) is 8.37. The van der Waals surface area contributed by atoms with Gasteiger partial charge in [-0.2, -0.15) is 4.98 Å². The molecule has 0 radical (unpaired) electrons. The molecule has 0 bridgehead atoms. The molecule has 0 aliphatic rings. The molecule has 0 amide bonds. The number of rotatable bonds is 4. The van der Waals surface area contributed by atoms with Crippen molar-refractivity contribution < 1.29 is 4.74 Å². The fraction of sp³-hybridized carbons (Fsp3) is 0.400. The van der Waals surface area contributed by atoms with Gasteiger partial charge in [-0.15, -0.1) is 12.3 Å². The molecule has 4 heteroatoms. The molecule has 0 saturated heterocycles. The summed E-state index contributed by atoms with van der Waals surface area (Å²) in [6.07, 6.45) is 5.68. The Bertz CT molecular complexity index is 344. The molecular formula is C10H13N3O. The van der Waals surface area contributed by atoms with Gasteiger partial charge in [-0.05, 0) is 6.92 Å². The highest BCUT2D eigenvalue weighted by molar-refractivity contribution is 5.37. The van der Waals surface area contributed by atoms with Crippen molar-refractivity contribution in [3.63, 3.8) is 0 Å². The highest BCUT2D eigenvalue weighted by atomic mass is 16.5. The molecule has 0 fully saturated rings. The fourth-order valence-electron chi connectivity index (χ4n) is 0.957. The van der Waals surface area contributed by atoms with Crippen molar-refractivity contribution in [2.24, 2.45) is 0 Å². The van der Waals surface area contributed by atoms with Crippen LogP contribution in [0.15, 0.2) is 6.07 Å². The van der Waals surface area contributed by atoms with Gasteiger partial charge in [-0.3, -0.25) is 0 Å². The van der Waals surface area contributed by atoms with Crippen molar-refractivity contribution in [1.29, 1.82) is 0 Å². The van der Waals surface area contributed by atoms with E-state index in [4.69, 9.17) is 11.2 Å². The van der Waals surface area contributed by atoms with Crippen LogP contribution in [0.5, 0.6) is 5.88 Å². The van der Waals surface area contributed by atoms with Crippen LogP contribution in [-0.4, -0.2) is 23.6 Å². The molecule has 0 saturated carbocycles. The average Bonchev–Trinajstić information content (AvgIpc) is 2.17. The minimum absolute atomic E-state index is 0.482. The van der Waals surface area contributed by atoms with Crippen LogP contribution in [0, 0.1) is 19.3 Å². The van der Waals surface area contributed by atoms with Crippen LogP contribution in [0.2, 0.25) is 0 Å². The van der Waals surface area contributed by atoms with E-state index in [1.165, 1.54) is 0 Å². The normalized spacial score (nSPS) is 9.21. The second-order valence-electron chi connectivity index (χ2n) is 2.69. The molecule has 1 rings (SSSR count). The smallest absolute Gasteiger partial charge is 0.218 e. The summed E-state index contributed by atoms with van der Waals surface area (Å²) in [6, 6.07) is 1.74. The Labute approximate surface area is 83.7 Å². The van der Waals surface area contributed by atoms with Gasteiger partial charge in [0.25, 0.3) is 0 Å². The molecule has 0 unspecified atom stereocenters. The van der Waals surface area contributed by atoms with Gasteiger partial charge in [-0.25, -0.2) is 4.98 Å². The van der Waals surface area contributed by atoms with Crippen molar-refractivity contribution >= 4 is 5.82 Å². The Kier molecular flexibility index (Phi) is 3.74. The van der Waals surface area contributed by atoms with E-state index < -0.39 is 0 Å². The summed E-state index contributed by atoms with van der Waals surface area (Å²) in [7, 11) is 1.80. The lowest BCUT2D eigenvalue weighted by molar-refractivity contribution is 0.313. The molecule has 1 N–H and O–H groups in total. The predicted molar refractivity (Wildman–Crippen MR) is 55.3 cm³/mol. The van der Waals surface area contributed by atoms with E-state index in [0.717, 1.165) is 5.82 Å². The third-order valence-electron chi connectivity index (χ3n) is 1.57. The number of anilines is 1. The Morgan fingerprint density at radius 1 is 1.57 bits per heavy atom. The number of hydrogen-bond donors (Lipinski definition) is 1. The minimum atomic E-state index is 0.482. The van der Waals surface area contributed by atoms with Crippen LogP contribution >= 0.6 is 0 Å². The molecule has 4 nitrogen and oxygen atoms in total. The predicted octanol–water partition coefficient (Wildman–Crippen LogP) is 1.23. The van der Waals surface area contributed by atoms with Crippen molar-refractivity contribution in [1.82, 2.24) is 9.97 Å². The minimum Gasteiger partial charge on any atom is -0.477 e. The second kappa shape index (κ2) is 5.07. The summed E-state index contributed by atoms with van der Waals surface area (Å²) in [5, 5.41) is 2.93.